The average molecular weight is 409 g/mol. The standard InChI is InChI=1S/C25H32N2O3/c1-24(2,3)30-23(28)26-16-13-25(14-17-26)15-18-27(19-20-9-5-4-6-10-20)21-11-7-8-12-22(21)29-25/h4-12H,13-19H2,1-3H3. The van der Waals surface area contributed by atoms with Crippen molar-refractivity contribution in [3.63, 3.8) is 0 Å². The minimum absolute atomic E-state index is 0.225. The Labute approximate surface area is 179 Å². The van der Waals surface area contributed by atoms with E-state index < -0.39 is 5.60 Å². The van der Waals surface area contributed by atoms with Crippen LogP contribution in [0.25, 0.3) is 0 Å². The van der Waals surface area contributed by atoms with Crippen LogP contribution in [0.3, 0.4) is 0 Å². The summed E-state index contributed by atoms with van der Waals surface area (Å²) in [5.74, 6) is 0.941. The fourth-order valence-corrected chi connectivity index (χ4v) is 4.29. The third-order valence-electron chi connectivity index (χ3n) is 5.91. The highest BCUT2D eigenvalue weighted by Gasteiger charge is 2.41. The van der Waals surface area contributed by atoms with Crippen LogP contribution >= 0.6 is 0 Å². The molecule has 0 atom stereocenters. The lowest BCUT2D eigenvalue weighted by molar-refractivity contribution is -0.0186. The molecule has 0 N–H and O–H groups in total. The Kier molecular flexibility index (Phi) is 5.63. The monoisotopic (exact) mass is 408 g/mol. The van der Waals surface area contributed by atoms with E-state index in [4.69, 9.17) is 9.47 Å². The molecule has 0 aliphatic carbocycles. The third kappa shape index (κ3) is 4.72. The number of para-hydroxylation sites is 2. The maximum Gasteiger partial charge on any atom is 0.410 e. The van der Waals surface area contributed by atoms with Gasteiger partial charge in [-0.25, -0.2) is 4.79 Å². The Hall–Kier alpha value is -2.69. The quantitative estimate of drug-likeness (QED) is 0.681. The Morgan fingerprint density at radius 1 is 0.967 bits per heavy atom. The molecule has 1 saturated heterocycles. The minimum Gasteiger partial charge on any atom is -0.485 e. The van der Waals surface area contributed by atoms with Gasteiger partial charge in [0.25, 0.3) is 0 Å². The Balaban J connectivity index is 1.48. The maximum atomic E-state index is 12.5. The van der Waals surface area contributed by atoms with Crippen LogP contribution in [-0.2, 0) is 11.3 Å². The predicted molar refractivity (Wildman–Crippen MR) is 119 cm³/mol. The number of hydrogen-bond acceptors (Lipinski definition) is 4. The smallest absolute Gasteiger partial charge is 0.410 e. The summed E-state index contributed by atoms with van der Waals surface area (Å²) < 4.78 is 12.2. The van der Waals surface area contributed by atoms with E-state index in [0.717, 1.165) is 43.8 Å². The van der Waals surface area contributed by atoms with Crippen molar-refractivity contribution < 1.29 is 14.3 Å². The van der Waals surface area contributed by atoms with Crippen LogP contribution < -0.4 is 9.64 Å². The van der Waals surface area contributed by atoms with E-state index in [9.17, 15) is 4.79 Å². The molecule has 160 valence electrons. The number of fused-ring (bicyclic) bond motifs is 1. The highest BCUT2D eigenvalue weighted by molar-refractivity contribution is 5.68. The molecular formula is C25H32N2O3. The molecule has 5 heteroatoms. The molecule has 2 aliphatic rings. The molecular weight excluding hydrogens is 376 g/mol. The molecule has 0 aromatic heterocycles. The molecule has 0 saturated carbocycles. The van der Waals surface area contributed by atoms with Crippen LogP contribution in [-0.4, -0.2) is 41.8 Å². The third-order valence-corrected chi connectivity index (χ3v) is 5.91. The summed E-state index contributed by atoms with van der Waals surface area (Å²) in [6, 6.07) is 18.9. The first-order valence-electron chi connectivity index (χ1n) is 10.9. The highest BCUT2D eigenvalue weighted by Crippen LogP contribution is 2.41. The Morgan fingerprint density at radius 3 is 2.30 bits per heavy atom. The zero-order valence-electron chi connectivity index (χ0n) is 18.3. The van der Waals surface area contributed by atoms with Crippen LogP contribution in [0.4, 0.5) is 10.5 Å². The number of likely N-dealkylation sites (tertiary alicyclic amines) is 1. The number of benzene rings is 2. The van der Waals surface area contributed by atoms with Gasteiger partial charge in [0.15, 0.2) is 0 Å². The van der Waals surface area contributed by atoms with Gasteiger partial charge >= 0.3 is 6.09 Å². The van der Waals surface area contributed by atoms with Crippen molar-refractivity contribution in [2.75, 3.05) is 24.5 Å². The molecule has 2 heterocycles. The minimum atomic E-state index is -0.470. The predicted octanol–water partition coefficient (Wildman–Crippen LogP) is 5.25. The molecule has 2 aromatic rings. The normalized spacial score (nSPS) is 18.4. The second-order valence-electron chi connectivity index (χ2n) is 9.38. The summed E-state index contributed by atoms with van der Waals surface area (Å²) >= 11 is 0. The maximum absolute atomic E-state index is 12.5. The van der Waals surface area contributed by atoms with Crippen LogP contribution in [0.1, 0.15) is 45.6 Å². The zero-order chi connectivity index (χ0) is 21.2. The van der Waals surface area contributed by atoms with E-state index in [1.54, 1.807) is 0 Å². The summed E-state index contributed by atoms with van der Waals surface area (Å²) in [6.45, 7) is 8.83. The number of carbonyl (C=O) groups excluding carboxylic acids is 1. The topological polar surface area (TPSA) is 42.0 Å². The number of hydrogen-bond donors (Lipinski definition) is 0. The van der Waals surface area contributed by atoms with Crippen molar-refractivity contribution in [2.45, 2.75) is 57.8 Å². The van der Waals surface area contributed by atoms with Gasteiger partial charge in [-0.05, 0) is 38.5 Å². The van der Waals surface area contributed by atoms with Gasteiger partial charge in [0.2, 0.25) is 0 Å². The number of amides is 1. The van der Waals surface area contributed by atoms with Crippen molar-refractivity contribution in [1.29, 1.82) is 0 Å². The lowest BCUT2D eigenvalue weighted by Gasteiger charge is -2.41. The van der Waals surface area contributed by atoms with Gasteiger partial charge in [-0.1, -0.05) is 42.5 Å². The molecule has 1 amide bonds. The molecule has 1 fully saturated rings. The molecule has 2 aromatic carbocycles. The Morgan fingerprint density at radius 2 is 1.60 bits per heavy atom. The molecule has 0 radical (unpaired) electrons. The molecule has 0 unspecified atom stereocenters. The molecule has 4 rings (SSSR count). The molecule has 5 nitrogen and oxygen atoms in total. The first-order valence-corrected chi connectivity index (χ1v) is 10.9. The van der Waals surface area contributed by atoms with Crippen LogP contribution in [0.2, 0.25) is 0 Å². The van der Waals surface area contributed by atoms with Crippen molar-refractivity contribution in [3.8, 4) is 5.75 Å². The van der Waals surface area contributed by atoms with Gasteiger partial charge < -0.3 is 19.3 Å². The van der Waals surface area contributed by atoms with Gasteiger partial charge in [-0.3, -0.25) is 0 Å². The highest BCUT2D eigenvalue weighted by atomic mass is 16.6. The number of rotatable bonds is 2. The van der Waals surface area contributed by atoms with Crippen LogP contribution in [0, 0.1) is 0 Å². The molecule has 2 aliphatic heterocycles. The SMILES string of the molecule is CC(C)(C)OC(=O)N1CCC2(CC1)CCN(Cc1ccccc1)c1ccccc1O2. The second-order valence-corrected chi connectivity index (χ2v) is 9.38. The van der Waals surface area contributed by atoms with E-state index in [2.05, 4.69) is 53.4 Å². The fraction of sp³-hybridized carbons (Fsp3) is 0.480. The first kappa shape index (κ1) is 20.6. The first-order chi connectivity index (χ1) is 14.3. The van der Waals surface area contributed by atoms with E-state index in [0.29, 0.717) is 13.1 Å². The fourth-order valence-electron chi connectivity index (χ4n) is 4.29. The summed E-state index contributed by atoms with van der Waals surface area (Å²) in [7, 11) is 0. The molecule has 30 heavy (non-hydrogen) atoms. The van der Waals surface area contributed by atoms with E-state index in [-0.39, 0.29) is 11.7 Å². The van der Waals surface area contributed by atoms with Gasteiger partial charge in [-0.15, -0.1) is 0 Å². The van der Waals surface area contributed by atoms with E-state index in [1.807, 2.05) is 31.7 Å². The lowest BCUT2D eigenvalue weighted by atomic mass is 9.88. The Bertz CT molecular complexity index is 867. The number of carbonyl (C=O) groups is 1. The summed E-state index contributed by atoms with van der Waals surface area (Å²) in [6.07, 6.45) is 2.35. The van der Waals surface area contributed by atoms with E-state index in [1.165, 1.54) is 5.56 Å². The van der Waals surface area contributed by atoms with Crippen molar-refractivity contribution in [3.05, 3.63) is 60.2 Å². The van der Waals surface area contributed by atoms with Crippen molar-refractivity contribution in [2.24, 2.45) is 0 Å². The van der Waals surface area contributed by atoms with Crippen LogP contribution in [0.15, 0.2) is 54.6 Å². The van der Waals surface area contributed by atoms with Gasteiger partial charge in [0, 0.05) is 45.4 Å². The number of anilines is 1. The van der Waals surface area contributed by atoms with Crippen molar-refractivity contribution in [1.82, 2.24) is 4.90 Å². The van der Waals surface area contributed by atoms with Crippen LogP contribution in [0.5, 0.6) is 5.75 Å². The summed E-state index contributed by atoms with van der Waals surface area (Å²) in [5.41, 5.74) is 1.73. The number of nitrogens with zero attached hydrogens (tertiary/aromatic N) is 2. The second kappa shape index (κ2) is 8.21. The van der Waals surface area contributed by atoms with Gasteiger partial charge in [0.1, 0.15) is 17.0 Å². The van der Waals surface area contributed by atoms with Crippen molar-refractivity contribution >= 4 is 11.8 Å². The molecule has 1 spiro atoms. The van der Waals surface area contributed by atoms with Gasteiger partial charge in [-0.2, -0.15) is 0 Å². The summed E-state index contributed by atoms with van der Waals surface area (Å²) in [5, 5.41) is 0. The molecule has 0 bridgehead atoms. The number of piperidine rings is 1. The summed E-state index contributed by atoms with van der Waals surface area (Å²) in [4.78, 5) is 16.7. The largest absolute Gasteiger partial charge is 0.485 e. The lowest BCUT2D eigenvalue weighted by Crippen LogP contribution is -2.51. The van der Waals surface area contributed by atoms with Gasteiger partial charge in [0.05, 0.1) is 5.69 Å². The zero-order valence-corrected chi connectivity index (χ0v) is 18.3. The van der Waals surface area contributed by atoms with E-state index >= 15 is 0 Å². The number of ether oxygens (including phenoxy) is 2. The average Bonchev–Trinajstić information content (AvgIpc) is 2.85.